The van der Waals surface area contributed by atoms with Crippen LogP contribution in [0.5, 0.6) is 5.75 Å². The molecule has 37 heavy (non-hydrogen) atoms. The minimum absolute atomic E-state index is 0.0122. The predicted octanol–water partition coefficient (Wildman–Crippen LogP) is 4.24. The molecule has 198 valence electrons. The Morgan fingerprint density at radius 3 is 2.27 bits per heavy atom. The maximum atomic E-state index is 13.3. The zero-order valence-electron chi connectivity index (χ0n) is 21.6. The Kier molecular flexibility index (Phi) is 8.25. The monoisotopic (exact) mass is 523 g/mol. The van der Waals surface area contributed by atoms with Gasteiger partial charge in [0.1, 0.15) is 5.75 Å². The van der Waals surface area contributed by atoms with Gasteiger partial charge in [0, 0.05) is 17.3 Å². The number of carbonyl (C=O) groups is 3. The Balaban J connectivity index is 1.10. The molecule has 3 aliphatic rings. The molecule has 5 rings (SSSR count). The fourth-order valence-electron chi connectivity index (χ4n) is 6.15. The normalized spacial score (nSPS) is 23.6. The summed E-state index contributed by atoms with van der Waals surface area (Å²) in [5.41, 5.74) is 1.04. The third kappa shape index (κ3) is 5.75. The summed E-state index contributed by atoms with van der Waals surface area (Å²) in [6, 6.07) is 11.8. The predicted molar refractivity (Wildman–Crippen MR) is 143 cm³/mol. The lowest BCUT2D eigenvalue weighted by molar-refractivity contribution is -0.140. The van der Waals surface area contributed by atoms with Gasteiger partial charge in [0.2, 0.25) is 17.7 Å². The van der Waals surface area contributed by atoms with Crippen molar-refractivity contribution in [3.63, 3.8) is 0 Å². The topological polar surface area (TPSA) is 79.0 Å². The van der Waals surface area contributed by atoms with E-state index >= 15 is 0 Å². The van der Waals surface area contributed by atoms with Crippen molar-refractivity contribution >= 4 is 29.1 Å². The molecule has 8 heteroatoms. The lowest BCUT2D eigenvalue weighted by atomic mass is 9.81. The lowest BCUT2D eigenvalue weighted by Crippen LogP contribution is -2.42. The second-order valence-corrected chi connectivity index (χ2v) is 11.5. The molecular weight excluding hydrogens is 486 g/mol. The average molecular weight is 524 g/mol. The van der Waals surface area contributed by atoms with Crippen LogP contribution in [0.4, 0.5) is 0 Å². The third-order valence-electron chi connectivity index (χ3n) is 8.31. The number of nitrogens with one attached hydrogen (secondary N) is 1. The largest absolute Gasteiger partial charge is 0.497 e. The van der Waals surface area contributed by atoms with E-state index in [1.165, 1.54) is 4.90 Å². The number of thiophene rings is 1. The molecule has 2 aromatic rings. The summed E-state index contributed by atoms with van der Waals surface area (Å²) in [4.78, 5) is 43.7. The molecule has 3 heterocycles. The summed E-state index contributed by atoms with van der Waals surface area (Å²) in [6.45, 7) is 3.09. The quantitative estimate of drug-likeness (QED) is 0.498. The third-order valence-corrected chi connectivity index (χ3v) is 9.25. The number of rotatable bonds is 9. The van der Waals surface area contributed by atoms with E-state index in [1.54, 1.807) is 18.4 Å². The Morgan fingerprint density at radius 1 is 1.00 bits per heavy atom. The standard InChI is InChI=1S/C29H37N3O4S/c1-36-22-11-9-20(10-12-22)26(25-8-4-19-37-25)30-27(33)21-13-17-31(18-14-21)15-5-16-32-28(34)23-6-2-3-7-24(23)29(32)35/h4,8-12,19,21,23-24,26H,2-3,5-7,13-18H2,1H3,(H,30,33). The molecule has 3 amide bonds. The van der Waals surface area contributed by atoms with E-state index in [0.29, 0.717) is 6.54 Å². The Bertz CT molecular complexity index is 1060. The number of piperidine rings is 1. The number of methoxy groups -OCH3 is 1. The van der Waals surface area contributed by atoms with E-state index < -0.39 is 0 Å². The zero-order valence-corrected chi connectivity index (χ0v) is 22.4. The molecule has 0 spiro atoms. The maximum Gasteiger partial charge on any atom is 0.233 e. The molecule has 1 aromatic heterocycles. The molecular formula is C29H37N3O4S. The molecule has 7 nitrogen and oxygen atoms in total. The van der Waals surface area contributed by atoms with Gasteiger partial charge in [-0.05, 0) is 80.9 Å². The van der Waals surface area contributed by atoms with Gasteiger partial charge in [-0.25, -0.2) is 0 Å². The van der Waals surface area contributed by atoms with Gasteiger partial charge in [0.25, 0.3) is 0 Å². The molecule has 0 radical (unpaired) electrons. The second kappa shape index (κ2) is 11.8. The van der Waals surface area contributed by atoms with Crippen LogP contribution < -0.4 is 10.1 Å². The first-order valence-electron chi connectivity index (χ1n) is 13.6. The number of carbonyl (C=O) groups excluding carboxylic acids is 3. The van der Waals surface area contributed by atoms with Gasteiger partial charge < -0.3 is 15.0 Å². The Labute approximate surface area is 223 Å². The van der Waals surface area contributed by atoms with Gasteiger partial charge in [0.15, 0.2) is 0 Å². The summed E-state index contributed by atoms with van der Waals surface area (Å²) < 4.78 is 5.29. The lowest BCUT2D eigenvalue weighted by Gasteiger charge is -2.32. The van der Waals surface area contributed by atoms with Crippen molar-refractivity contribution in [2.75, 3.05) is 33.3 Å². The van der Waals surface area contributed by atoms with Crippen LogP contribution in [0.15, 0.2) is 41.8 Å². The highest BCUT2D eigenvalue weighted by Crippen LogP contribution is 2.38. The van der Waals surface area contributed by atoms with Crippen molar-refractivity contribution in [3.8, 4) is 5.75 Å². The van der Waals surface area contributed by atoms with Crippen molar-refractivity contribution in [2.45, 2.75) is 51.0 Å². The van der Waals surface area contributed by atoms with Crippen LogP contribution in [0.1, 0.15) is 61.4 Å². The molecule has 1 aliphatic carbocycles. The number of amides is 3. The first-order valence-corrected chi connectivity index (χ1v) is 14.5. The minimum atomic E-state index is -0.171. The minimum Gasteiger partial charge on any atom is -0.497 e. The maximum absolute atomic E-state index is 13.3. The van der Waals surface area contributed by atoms with Gasteiger partial charge in [0.05, 0.1) is 25.0 Å². The van der Waals surface area contributed by atoms with Crippen LogP contribution in [0.3, 0.4) is 0 Å². The number of hydrogen-bond acceptors (Lipinski definition) is 6. The van der Waals surface area contributed by atoms with E-state index in [9.17, 15) is 14.4 Å². The highest BCUT2D eigenvalue weighted by Gasteiger charge is 2.47. The van der Waals surface area contributed by atoms with Gasteiger partial charge >= 0.3 is 0 Å². The number of ether oxygens (including phenoxy) is 1. The molecule has 2 aliphatic heterocycles. The summed E-state index contributed by atoms with van der Waals surface area (Å²) in [7, 11) is 1.65. The van der Waals surface area contributed by atoms with Crippen molar-refractivity contribution in [2.24, 2.45) is 17.8 Å². The summed E-state index contributed by atoms with van der Waals surface area (Å²) >= 11 is 1.64. The number of benzene rings is 1. The fourth-order valence-corrected chi connectivity index (χ4v) is 6.96. The van der Waals surface area contributed by atoms with Crippen molar-refractivity contribution < 1.29 is 19.1 Å². The fraction of sp³-hybridized carbons (Fsp3) is 0.552. The summed E-state index contributed by atoms with van der Waals surface area (Å²) in [6.07, 6.45) is 6.29. The van der Waals surface area contributed by atoms with Gasteiger partial charge in [-0.2, -0.15) is 0 Å². The zero-order chi connectivity index (χ0) is 25.8. The summed E-state index contributed by atoms with van der Waals surface area (Å²) in [5, 5.41) is 5.34. The average Bonchev–Trinajstić information content (AvgIpc) is 3.56. The number of imide groups is 1. The van der Waals surface area contributed by atoms with E-state index in [1.807, 2.05) is 35.7 Å². The van der Waals surface area contributed by atoms with Crippen LogP contribution in [0.25, 0.3) is 0 Å². The molecule has 3 fully saturated rings. The highest BCUT2D eigenvalue weighted by atomic mass is 32.1. The number of likely N-dealkylation sites (tertiary alicyclic amines) is 2. The van der Waals surface area contributed by atoms with Crippen LogP contribution in [-0.2, 0) is 14.4 Å². The molecule has 2 saturated heterocycles. The molecule has 0 bridgehead atoms. The SMILES string of the molecule is COc1ccc(C(NC(=O)C2CCN(CCCN3C(=O)C4CCCCC4C3=O)CC2)c2cccs2)cc1. The van der Waals surface area contributed by atoms with E-state index in [-0.39, 0.29) is 41.5 Å². The van der Waals surface area contributed by atoms with Crippen LogP contribution in [-0.4, -0.2) is 60.8 Å². The molecule has 1 aromatic carbocycles. The number of fused-ring (bicyclic) bond motifs is 1. The molecule has 3 atom stereocenters. The van der Waals surface area contributed by atoms with Crippen LogP contribution >= 0.6 is 11.3 Å². The Hall–Kier alpha value is -2.71. The highest BCUT2D eigenvalue weighted by molar-refractivity contribution is 7.10. The number of hydrogen-bond donors (Lipinski definition) is 1. The second-order valence-electron chi connectivity index (χ2n) is 10.5. The van der Waals surface area contributed by atoms with E-state index in [4.69, 9.17) is 4.74 Å². The van der Waals surface area contributed by atoms with E-state index in [0.717, 1.165) is 80.8 Å². The summed E-state index contributed by atoms with van der Waals surface area (Å²) in [5.74, 6) is 0.873. The van der Waals surface area contributed by atoms with Crippen LogP contribution in [0.2, 0.25) is 0 Å². The molecule has 3 unspecified atom stereocenters. The van der Waals surface area contributed by atoms with Gasteiger partial charge in [-0.1, -0.05) is 31.0 Å². The molecule has 1 N–H and O–H groups in total. The van der Waals surface area contributed by atoms with Gasteiger partial charge in [-0.15, -0.1) is 11.3 Å². The smallest absolute Gasteiger partial charge is 0.233 e. The van der Waals surface area contributed by atoms with Crippen molar-refractivity contribution in [3.05, 3.63) is 52.2 Å². The van der Waals surface area contributed by atoms with Crippen molar-refractivity contribution in [1.82, 2.24) is 15.1 Å². The molecule has 1 saturated carbocycles. The first-order chi connectivity index (χ1) is 18.0. The van der Waals surface area contributed by atoms with Gasteiger partial charge in [-0.3, -0.25) is 19.3 Å². The van der Waals surface area contributed by atoms with E-state index in [2.05, 4.69) is 16.3 Å². The van der Waals surface area contributed by atoms with Crippen LogP contribution in [0, 0.1) is 17.8 Å². The first kappa shape index (κ1) is 25.9. The Morgan fingerprint density at radius 2 is 1.68 bits per heavy atom. The van der Waals surface area contributed by atoms with Crippen molar-refractivity contribution in [1.29, 1.82) is 0 Å². The number of nitrogens with zero attached hydrogens (tertiary/aromatic N) is 2.